The Bertz CT molecular complexity index is 1510. The molecule has 1 unspecified atom stereocenters. The van der Waals surface area contributed by atoms with Crippen LogP contribution in [0.2, 0.25) is 0 Å². The van der Waals surface area contributed by atoms with Gasteiger partial charge < -0.3 is 5.32 Å². The number of rotatable bonds is 5. The van der Waals surface area contributed by atoms with Crippen molar-refractivity contribution in [1.82, 2.24) is 10.2 Å². The number of alkyl halides is 6. The molecule has 6 rings (SSSR count). The number of nitrogens with one attached hydrogen (secondary N) is 1. The van der Waals surface area contributed by atoms with E-state index in [2.05, 4.69) is 47.5 Å². The zero-order valence-electron chi connectivity index (χ0n) is 23.6. The molecule has 1 saturated heterocycles. The molecule has 3 aromatic carbocycles. The number of piperidine rings is 1. The van der Waals surface area contributed by atoms with E-state index in [4.69, 9.17) is 0 Å². The fraction of sp³-hybridized carbons (Fsp3) is 0.382. The maximum absolute atomic E-state index is 13.7. The highest BCUT2D eigenvalue weighted by atomic mass is 19.4. The van der Waals surface area contributed by atoms with Crippen molar-refractivity contribution in [2.45, 2.75) is 62.0 Å². The maximum atomic E-state index is 13.7. The first kappa shape index (κ1) is 29.5. The summed E-state index contributed by atoms with van der Waals surface area (Å²) in [7, 11) is 0. The van der Waals surface area contributed by atoms with Gasteiger partial charge in [0.2, 0.25) is 5.91 Å². The largest absolute Gasteiger partial charge is 0.416 e. The van der Waals surface area contributed by atoms with E-state index in [-0.39, 0.29) is 23.1 Å². The maximum Gasteiger partial charge on any atom is 0.416 e. The van der Waals surface area contributed by atoms with Gasteiger partial charge in [0.05, 0.1) is 16.5 Å². The summed E-state index contributed by atoms with van der Waals surface area (Å²) in [5.41, 5.74) is -0.572. The summed E-state index contributed by atoms with van der Waals surface area (Å²) in [5.74, 6) is -0.0412. The number of carbonyl (C=O) groups excluding carboxylic acids is 1. The van der Waals surface area contributed by atoms with E-state index in [1.165, 1.54) is 11.1 Å². The van der Waals surface area contributed by atoms with Gasteiger partial charge in [0.15, 0.2) is 0 Å². The molecular weight excluding hydrogens is 566 g/mol. The van der Waals surface area contributed by atoms with Gasteiger partial charge in [-0.1, -0.05) is 73.7 Å². The van der Waals surface area contributed by atoms with Crippen LogP contribution in [0.15, 0.2) is 78.9 Å². The van der Waals surface area contributed by atoms with Crippen molar-refractivity contribution in [1.29, 1.82) is 0 Å². The number of benzene rings is 3. The van der Waals surface area contributed by atoms with Gasteiger partial charge in [-0.3, -0.25) is 9.69 Å². The summed E-state index contributed by atoms with van der Waals surface area (Å²) in [6.45, 7) is 3.55. The van der Waals surface area contributed by atoms with Crippen LogP contribution in [0.25, 0.3) is 6.08 Å². The lowest BCUT2D eigenvalue weighted by Crippen LogP contribution is -2.62. The van der Waals surface area contributed by atoms with Gasteiger partial charge in [0, 0.05) is 24.5 Å². The second-order valence-electron chi connectivity index (χ2n) is 12.2. The number of fused-ring (bicyclic) bond motifs is 2. The number of hydrogen-bond donors (Lipinski definition) is 1. The average Bonchev–Trinajstić information content (AvgIpc) is 3.32. The van der Waals surface area contributed by atoms with E-state index in [9.17, 15) is 31.1 Å². The Labute approximate surface area is 246 Å². The minimum atomic E-state index is -4.95. The van der Waals surface area contributed by atoms with Crippen LogP contribution in [0.4, 0.5) is 26.3 Å². The molecular formula is C34H32F6N2O. The second-order valence-corrected chi connectivity index (χ2v) is 12.2. The third-order valence-corrected chi connectivity index (χ3v) is 9.77. The third-order valence-electron chi connectivity index (χ3n) is 9.77. The minimum absolute atomic E-state index is 0.00897. The number of allylic oxidation sites excluding steroid dienone is 1. The zero-order valence-corrected chi connectivity index (χ0v) is 23.6. The van der Waals surface area contributed by atoms with E-state index in [1.54, 1.807) is 0 Å². The molecule has 0 radical (unpaired) electrons. The molecule has 1 saturated carbocycles. The van der Waals surface area contributed by atoms with Crippen LogP contribution in [0.1, 0.15) is 59.6 Å². The van der Waals surface area contributed by atoms with Crippen molar-refractivity contribution in [3.05, 3.63) is 112 Å². The van der Waals surface area contributed by atoms with E-state index in [0.717, 1.165) is 25.1 Å². The number of carbonyl (C=O) groups is 1. The van der Waals surface area contributed by atoms with Crippen LogP contribution in [0, 0.1) is 5.92 Å². The lowest BCUT2D eigenvalue weighted by Gasteiger charge is -2.55. The Morgan fingerprint density at radius 2 is 1.53 bits per heavy atom. The lowest BCUT2D eigenvalue weighted by molar-refractivity contribution is -0.143. The average molecular weight is 599 g/mol. The van der Waals surface area contributed by atoms with Gasteiger partial charge in [-0.2, -0.15) is 26.3 Å². The van der Waals surface area contributed by atoms with Crippen molar-refractivity contribution >= 4 is 12.0 Å². The molecule has 1 spiro atoms. The fourth-order valence-corrected chi connectivity index (χ4v) is 7.34. The third kappa shape index (κ3) is 5.26. The van der Waals surface area contributed by atoms with Gasteiger partial charge in [-0.05, 0) is 72.2 Å². The summed E-state index contributed by atoms with van der Waals surface area (Å²) in [4.78, 5) is 16.2. The van der Waals surface area contributed by atoms with Crippen molar-refractivity contribution in [2.75, 3.05) is 13.1 Å². The first-order valence-corrected chi connectivity index (χ1v) is 14.5. The van der Waals surface area contributed by atoms with Gasteiger partial charge in [-0.15, -0.1) is 0 Å². The summed E-state index contributed by atoms with van der Waals surface area (Å²) in [6.07, 6.45) is -3.37. The molecule has 1 heterocycles. The Morgan fingerprint density at radius 1 is 0.907 bits per heavy atom. The molecule has 9 heteroatoms. The molecule has 0 aromatic heterocycles. The van der Waals surface area contributed by atoms with Gasteiger partial charge in [0.1, 0.15) is 0 Å². The quantitative estimate of drug-likeness (QED) is 0.305. The van der Waals surface area contributed by atoms with Crippen molar-refractivity contribution < 1.29 is 31.1 Å². The van der Waals surface area contributed by atoms with Crippen molar-refractivity contribution in [3.63, 3.8) is 0 Å². The van der Waals surface area contributed by atoms with Gasteiger partial charge >= 0.3 is 12.4 Å². The smallest absolute Gasteiger partial charge is 0.351 e. The van der Waals surface area contributed by atoms with Crippen molar-refractivity contribution in [2.24, 2.45) is 5.92 Å². The highest BCUT2D eigenvalue weighted by Gasteiger charge is 2.55. The molecule has 1 aliphatic heterocycles. The standard InChI is InChI=1S/C34H32F6N2O/c1-22-21-42(14-13-31(22)12-11-24-7-5-6-10-29(24)31)28-18-32(19-28,25-8-3-2-4-9-25)30(43)41-20-23-15-26(33(35,36)37)17-27(16-23)34(38,39)40/h2-12,15-17,22,28H,13-14,18-21H2,1H3,(H,41,43)/t22-,28?,31?,32?/m0/s1. The number of likely N-dealkylation sites (tertiary alicyclic amines) is 1. The van der Waals surface area contributed by atoms with Crippen LogP contribution < -0.4 is 5.32 Å². The van der Waals surface area contributed by atoms with Crippen LogP contribution in [-0.2, 0) is 34.5 Å². The Balaban J connectivity index is 1.18. The molecule has 1 amide bonds. The van der Waals surface area contributed by atoms with E-state index in [1.807, 2.05) is 36.4 Å². The lowest BCUT2D eigenvalue weighted by atomic mass is 9.59. The Kier molecular flexibility index (Phi) is 7.23. The first-order valence-electron chi connectivity index (χ1n) is 14.5. The number of nitrogens with zero attached hydrogens (tertiary/aromatic N) is 1. The first-order chi connectivity index (χ1) is 20.3. The summed E-state index contributed by atoms with van der Waals surface area (Å²) < 4.78 is 80.2. The van der Waals surface area contributed by atoms with E-state index in [0.29, 0.717) is 30.9 Å². The molecule has 3 aromatic rings. The SMILES string of the molecule is C[C@H]1CN(C2CC(C(=O)NCc3cc(C(F)(F)F)cc(C(F)(F)F)c3)(c3ccccc3)C2)CCC12C=Cc1ccccc12. The number of hydrogen-bond acceptors (Lipinski definition) is 2. The molecule has 0 bridgehead atoms. The normalized spacial score (nSPS) is 27.1. The number of halogens is 6. The molecule has 226 valence electrons. The molecule has 1 N–H and O–H groups in total. The van der Waals surface area contributed by atoms with Crippen molar-refractivity contribution in [3.8, 4) is 0 Å². The van der Waals surface area contributed by atoms with Gasteiger partial charge in [-0.25, -0.2) is 0 Å². The molecule has 3 aliphatic rings. The Morgan fingerprint density at radius 3 is 2.16 bits per heavy atom. The van der Waals surface area contributed by atoms with Gasteiger partial charge in [0.25, 0.3) is 0 Å². The highest BCUT2D eigenvalue weighted by molar-refractivity contribution is 5.89. The molecule has 2 aliphatic carbocycles. The minimum Gasteiger partial charge on any atom is -0.351 e. The molecule has 43 heavy (non-hydrogen) atoms. The monoisotopic (exact) mass is 598 g/mol. The van der Waals surface area contributed by atoms with Crippen LogP contribution in [-0.4, -0.2) is 29.9 Å². The highest BCUT2D eigenvalue weighted by Crippen LogP contribution is 2.51. The second kappa shape index (κ2) is 10.5. The van der Waals surface area contributed by atoms with E-state index >= 15 is 0 Å². The van der Waals surface area contributed by atoms with Crippen LogP contribution in [0.5, 0.6) is 0 Å². The topological polar surface area (TPSA) is 32.3 Å². The fourth-order valence-electron chi connectivity index (χ4n) is 7.34. The summed E-state index contributed by atoms with van der Waals surface area (Å²) in [5, 5.41) is 2.68. The summed E-state index contributed by atoms with van der Waals surface area (Å²) >= 11 is 0. The Hall–Kier alpha value is -3.59. The summed E-state index contributed by atoms with van der Waals surface area (Å²) in [6, 6.07) is 19.2. The van der Waals surface area contributed by atoms with Crippen LogP contribution in [0.3, 0.4) is 0 Å². The number of amides is 1. The van der Waals surface area contributed by atoms with Crippen LogP contribution >= 0.6 is 0 Å². The molecule has 2 atom stereocenters. The predicted molar refractivity (Wildman–Crippen MR) is 152 cm³/mol. The molecule has 3 nitrogen and oxygen atoms in total. The predicted octanol–water partition coefficient (Wildman–Crippen LogP) is 7.75. The van der Waals surface area contributed by atoms with E-state index < -0.39 is 41.3 Å². The zero-order chi connectivity index (χ0) is 30.6. The molecule has 2 fully saturated rings.